The van der Waals surface area contributed by atoms with Crippen molar-refractivity contribution in [1.29, 1.82) is 0 Å². The highest BCUT2D eigenvalue weighted by Gasteiger charge is 2.40. The lowest BCUT2D eigenvalue weighted by Crippen LogP contribution is -2.35. The third-order valence-corrected chi connectivity index (χ3v) is 8.98. The molecule has 2 heterocycles. The van der Waals surface area contributed by atoms with Crippen LogP contribution in [0.3, 0.4) is 0 Å². The van der Waals surface area contributed by atoms with Crippen LogP contribution in [0.15, 0.2) is 59.4 Å². The first-order valence-corrected chi connectivity index (χ1v) is 15.4. The molecule has 16 heteroatoms. The lowest BCUT2D eigenvalue weighted by Gasteiger charge is -2.34. The summed E-state index contributed by atoms with van der Waals surface area (Å²) in [5, 5.41) is 114. The van der Waals surface area contributed by atoms with Crippen LogP contribution in [0.5, 0.6) is 69.0 Å². The van der Waals surface area contributed by atoms with E-state index in [0.29, 0.717) is 0 Å². The lowest BCUT2D eigenvalue weighted by molar-refractivity contribution is -0.0195. The van der Waals surface area contributed by atoms with Gasteiger partial charge in [-0.1, -0.05) is 0 Å². The van der Waals surface area contributed by atoms with E-state index in [4.69, 9.17) is 14.2 Å². The van der Waals surface area contributed by atoms with Crippen molar-refractivity contribution in [1.82, 2.24) is 0 Å². The Morgan fingerprint density at radius 3 is 1.81 bits per heavy atom. The summed E-state index contributed by atoms with van der Waals surface area (Å²) in [4.78, 5) is 26.4. The zero-order chi connectivity index (χ0) is 37.3. The highest BCUT2D eigenvalue weighted by atomic mass is 16.6. The molecule has 0 fully saturated rings. The van der Waals surface area contributed by atoms with E-state index in [1.165, 1.54) is 18.2 Å². The average Bonchev–Trinajstić information content (AvgIpc) is 3.20. The molecule has 16 nitrogen and oxygen atoms in total. The van der Waals surface area contributed by atoms with Crippen LogP contribution in [0.1, 0.15) is 44.8 Å². The molecule has 5 aromatic carbocycles. The summed E-state index contributed by atoms with van der Waals surface area (Å²) in [6.45, 7) is 0. The number of carbonyl (C=O) groups excluding carboxylic acids is 1. The second kappa shape index (κ2) is 12.1. The van der Waals surface area contributed by atoms with Crippen LogP contribution >= 0.6 is 0 Å². The summed E-state index contributed by atoms with van der Waals surface area (Å²) in [7, 11) is 0. The van der Waals surface area contributed by atoms with Gasteiger partial charge in [0.25, 0.3) is 0 Å². The predicted octanol–water partition coefficient (Wildman–Crippen LogP) is 3.19. The largest absolute Gasteiger partial charge is 0.508 e. The van der Waals surface area contributed by atoms with Gasteiger partial charge in [-0.3, -0.25) is 4.79 Å². The van der Waals surface area contributed by atoms with Crippen molar-refractivity contribution in [3.8, 4) is 69.0 Å². The quantitative estimate of drug-likeness (QED) is 0.0940. The molecule has 0 radical (unpaired) electrons. The van der Waals surface area contributed by atoms with Crippen molar-refractivity contribution in [2.45, 2.75) is 37.3 Å². The Hall–Kier alpha value is -6.94. The van der Waals surface area contributed by atoms with Gasteiger partial charge in [0.2, 0.25) is 5.43 Å². The van der Waals surface area contributed by atoms with Crippen LogP contribution in [0.2, 0.25) is 0 Å². The first-order valence-electron chi connectivity index (χ1n) is 15.4. The summed E-state index contributed by atoms with van der Waals surface area (Å²) in [6, 6.07) is 9.40. The van der Waals surface area contributed by atoms with E-state index in [9.17, 15) is 65.8 Å². The molecule has 0 aliphatic carbocycles. The fourth-order valence-corrected chi connectivity index (χ4v) is 6.50. The fourth-order valence-electron chi connectivity index (χ4n) is 6.50. The van der Waals surface area contributed by atoms with E-state index in [1.54, 1.807) is 0 Å². The van der Waals surface area contributed by atoms with Gasteiger partial charge in [0.1, 0.15) is 46.7 Å². The number of phenolic OH excluding ortho intramolecular Hbond substituents is 9. The fraction of sp³-hybridized carbons (Fsp3) is 0.167. The van der Waals surface area contributed by atoms with Gasteiger partial charge >= 0.3 is 5.97 Å². The maximum Gasteiger partial charge on any atom is 0.338 e. The summed E-state index contributed by atoms with van der Waals surface area (Å²) in [5.74, 6) is -8.32. The number of aliphatic hydroxyl groups is 1. The Labute approximate surface area is 290 Å². The molecule has 7 rings (SSSR count). The summed E-state index contributed by atoms with van der Waals surface area (Å²) >= 11 is 0. The molecule has 5 aromatic rings. The van der Waals surface area contributed by atoms with Crippen molar-refractivity contribution in [2.75, 3.05) is 0 Å². The number of aliphatic hydroxyl groups excluding tert-OH is 1. The van der Waals surface area contributed by atoms with Crippen LogP contribution in [-0.2, 0) is 17.6 Å². The van der Waals surface area contributed by atoms with E-state index in [2.05, 4.69) is 0 Å². The Morgan fingerprint density at radius 1 is 0.615 bits per heavy atom. The predicted molar refractivity (Wildman–Crippen MR) is 176 cm³/mol. The molecule has 0 spiro atoms. The summed E-state index contributed by atoms with van der Waals surface area (Å²) < 4.78 is 17.6. The second-order valence-electron chi connectivity index (χ2n) is 12.4. The maximum atomic E-state index is 13.3. The number of phenols is 9. The van der Waals surface area contributed by atoms with E-state index in [0.717, 1.165) is 36.4 Å². The van der Waals surface area contributed by atoms with Gasteiger partial charge in [-0.05, 0) is 41.3 Å². The van der Waals surface area contributed by atoms with Gasteiger partial charge in [0.15, 0.2) is 40.6 Å². The standard InChI is InChI=1S/C36H28O16/c37-15-6-20(39)17-10-25(44)34(50-26(17)8-15)13-1-12-2-19(30(45)33(48)29(12)32(47)24(43)3-13)35-28(11-18-21(40)7-16(38)9-27(18)51-35)52-36(49)14-4-22(41)31(46)23(42)5-14/h1-9,25,28,34-35,37-42,44-46,48H,10-11H2,(H,43,47)/t25-,28-,34-,35+/m1/s1. The first-order chi connectivity index (χ1) is 24.6. The number of aromatic hydroxyl groups is 10. The molecular formula is C36H28O16. The molecule has 0 bridgehead atoms. The molecule has 0 saturated carbocycles. The third-order valence-electron chi connectivity index (χ3n) is 8.98. The lowest BCUT2D eigenvalue weighted by atomic mass is 9.91. The number of hydrogen-bond acceptors (Lipinski definition) is 16. The van der Waals surface area contributed by atoms with Crippen molar-refractivity contribution in [2.24, 2.45) is 0 Å². The first kappa shape index (κ1) is 33.6. The normalized spacial score (nSPS) is 19.2. The number of fused-ring (bicyclic) bond motifs is 3. The highest BCUT2D eigenvalue weighted by molar-refractivity contribution is 5.96. The van der Waals surface area contributed by atoms with Gasteiger partial charge in [-0.25, -0.2) is 4.79 Å². The van der Waals surface area contributed by atoms with E-state index in [1.807, 2.05) is 0 Å². The molecule has 0 amide bonds. The zero-order valence-electron chi connectivity index (χ0n) is 26.4. The third kappa shape index (κ3) is 5.56. The number of carbonyl (C=O) groups is 1. The number of benzene rings is 4. The number of hydrogen-bond donors (Lipinski definition) is 11. The number of esters is 1. The molecule has 268 valence electrons. The number of ether oxygens (including phenoxy) is 3. The van der Waals surface area contributed by atoms with Crippen LogP contribution in [0, 0.1) is 0 Å². The van der Waals surface area contributed by atoms with Crippen LogP contribution < -0.4 is 14.9 Å². The van der Waals surface area contributed by atoms with Gasteiger partial charge in [0.05, 0.1) is 17.1 Å². The molecule has 52 heavy (non-hydrogen) atoms. The van der Waals surface area contributed by atoms with Crippen molar-refractivity contribution < 1.29 is 75.2 Å². The minimum Gasteiger partial charge on any atom is -0.508 e. The molecule has 0 unspecified atom stereocenters. The van der Waals surface area contributed by atoms with E-state index in [-0.39, 0.29) is 63.5 Å². The van der Waals surface area contributed by atoms with Gasteiger partial charge < -0.3 is 70.4 Å². The van der Waals surface area contributed by atoms with Crippen molar-refractivity contribution in [3.05, 3.63) is 92.6 Å². The Kier molecular flexibility index (Phi) is 7.83. The minimum atomic E-state index is -1.55. The molecule has 0 saturated heterocycles. The topological polar surface area (TPSA) is 284 Å². The van der Waals surface area contributed by atoms with Gasteiger partial charge in [-0.15, -0.1) is 0 Å². The molecular weight excluding hydrogens is 688 g/mol. The summed E-state index contributed by atoms with van der Waals surface area (Å²) in [5.41, 5.74) is -1.54. The molecule has 0 aromatic heterocycles. The second-order valence-corrected chi connectivity index (χ2v) is 12.4. The zero-order valence-corrected chi connectivity index (χ0v) is 26.4. The van der Waals surface area contributed by atoms with Gasteiger partial charge in [-0.2, -0.15) is 0 Å². The Morgan fingerprint density at radius 2 is 1.19 bits per heavy atom. The number of rotatable bonds is 4. The molecule has 11 N–H and O–H groups in total. The van der Waals surface area contributed by atoms with Crippen LogP contribution in [0.4, 0.5) is 0 Å². The molecule has 2 aliphatic rings. The monoisotopic (exact) mass is 716 g/mol. The Balaban J connectivity index is 1.37. The summed E-state index contributed by atoms with van der Waals surface area (Å²) in [6.07, 6.45) is -6.18. The van der Waals surface area contributed by atoms with Gasteiger partial charge in [0, 0.05) is 53.8 Å². The van der Waals surface area contributed by atoms with Crippen molar-refractivity contribution in [3.63, 3.8) is 0 Å². The van der Waals surface area contributed by atoms with Crippen LogP contribution in [-0.4, -0.2) is 74.3 Å². The van der Waals surface area contributed by atoms with E-state index >= 15 is 0 Å². The minimum absolute atomic E-state index is 0.00200. The smallest absolute Gasteiger partial charge is 0.338 e. The van der Waals surface area contributed by atoms with Crippen molar-refractivity contribution >= 4 is 16.7 Å². The van der Waals surface area contributed by atoms with E-state index < -0.39 is 92.8 Å². The Bertz CT molecular complexity index is 2370. The maximum absolute atomic E-state index is 13.3. The van der Waals surface area contributed by atoms with Crippen LogP contribution in [0.25, 0.3) is 10.8 Å². The average molecular weight is 717 g/mol. The molecule has 2 aliphatic heterocycles. The molecule has 4 atom stereocenters. The SMILES string of the molecule is O=C(O[C@@H]1Cc2c(O)cc(O)cc2O[C@H]1c1cc2cc([C@H]3Oc4cc(O)cc(O)c4C[C@H]3O)cc(=O)c(O)c2c(O)c1O)c1cc(O)c(O)c(O)c1. The highest BCUT2D eigenvalue weighted by Crippen LogP contribution is 2.50.